The summed E-state index contributed by atoms with van der Waals surface area (Å²) >= 11 is 0. The molecule has 5 nitrogen and oxygen atoms in total. The number of nitrogens with zero attached hydrogens (tertiary/aromatic N) is 2. The molecule has 0 atom stereocenters. The van der Waals surface area contributed by atoms with Crippen molar-refractivity contribution in [3.63, 3.8) is 0 Å². The summed E-state index contributed by atoms with van der Waals surface area (Å²) in [7, 11) is -1.81. The Morgan fingerprint density at radius 2 is 1.72 bits per heavy atom. The van der Waals surface area contributed by atoms with Crippen LogP contribution in [-0.2, 0) is 12.5 Å². The minimum atomic E-state index is -1.81. The quantitative estimate of drug-likeness (QED) is 0.615. The van der Waals surface area contributed by atoms with Crippen molar-refractivity contribution in [3.05, 3.63) is 0 Å². The minimum Gasteiger partial charge on any atom is -0.361 e. The minimum absolute atomic E-state index is 0.626. The molecule has 0 aromatic heterocycles. The van der Waals surface area contributed by atoms with Crippen LogP contribution in [-0.4, -0.2) is 56.4 Å². The second-order valence-electron chi connectivity index (χ2n) is 3.89. The molecule has 0 radical (unpaired) electrons. The molecular formula is C12H26N2O3S. The van der Waals surface area contributed by atoms with Gasteiger partial charge >= 0.3 is 0 Å². The molecule has 0 unspecified atom stereocenters. The summed E-state index contributed by atoms with van der Waals surface area (Å²) in [4.78, 5) is 6.43. The Balaban J connectivity index is 2.39. The van der Waals surface area contributed by atoms with Gasteiger partial charge in [0, 0.05) is 18.8 Å². The van der Waals surface area contributed by atoms with Gasteiger partial charge in [-0.25, -0.2) is 0 Å². The molecule has 1 heterocycles. The van der Waals surface area contributed by atoms with Gasteiger partial charge in [-0.3, -0.25) is 17.5 Å². The predicted octanol–water partition coefficient (Wildman–Crippen LogP) is 2.38. The van der Waals surface area contributed by atoms with Gasteiger partial charge in [0.2, 0.25) is 0 Å². The van der Waals surface area contributed by atoms with Crippen molar-refractivity contribution in [2.24, 2.45) is 4.99 Å². The van der Waals surface area contributed by atoms with Crippen LogP contribution in [0.3, 0.4) is 0 Å². The first kappa shape index (κ1) is 15.8. The fourth-order valence-corrected chi connectivity index (χ4v) is 3.97. The number of hydrogen-bond acceptors (Lipinski definition) is 5. The standard InChI is InChI=1S/C12H26N2O3S/c1-4-15-18(16-5-2,17-6-3)11-7-9-14-10-8-13-12-14/h12H,4-11H2,1-3H3. The van der Waals surface area contributed by atoms with E-state index in [1.54, 1.807) is 0 Å². The zero-order valence-corrected chi connectivity index (χ0v) is 12.6. The smallest absolute Gasteiger partial charge is 0.0887 e. The van der Waals surface area contributed by atoms with Crippen molar-refractivity contribution in [3.8, 4) is 0 Å². The molecule has 1 aliphatic heterocycles. The van der Waals surface area contributed by atoms with Crippen LogP contribution in [0, 0.1) is 0 Å². The third-order valence-electron chi connectivity index (χ3n) is 2.49. The SMILES string of the molecule is CCOS(CCCN1C=NCC1)(OCC)OCC. The van der Waals surface area contributed by atoms with Gasteiger partial charge in [-0.15, -0.1) is 0 Å². The summed E-state index contributed by atoms with van der Waals surface area (Å²) in [6.07, 6.45) is 2.93. The van der Waals surface area contributed by atoms with Crippen LogP contribution in [0.25, 0.3) is 0 Å². The van der Waals surface area contributed by atoms with Gasteiger partial charge in [0.1, 0.15) is 0 Å². The monoisotopic (exact) mass is 278 g/mol. The third-order valence-corrected chi connectivity index (χ3v) is 5.07. The molecule has 0 saturated heterocycles. The van der Waals surface area contributed by atoms with Gasteiger partial charge < -0.3 is 4.90 Å². The third kappa shape index (κ3) is 5.14. The Kier molecular flexibility index (Phi) is 7.65. The molecule has 0 saturated carbocycles. The Morgan fingerprint density at radius 3 is 2.17 bits per heavy atom. The van der Waals surface area contributed by atoms with Crippen LogP contribution < -0.4 is 0 Å². The predicted molar refractivity (Wildman–Crippen MR) is 76.9 cm³/mol. The zero-order chi connectivity index (χ0) is 13.3. The van der Waals surface area contributed by atoms with Gasteiger partial charge in [-0.1, -0.05) is 0 Å². The fraction of sp³-hybridized carbons (Fsp3) is 0.917. The van der Waals surface area contributed by atoms with E-state index in [4.69, 9.17) is 12.5 Å². The molecule has 6 heteroatoms. The lowest BCUT2D eigenvalue weighted by atomic mass is 10.4. The Labute approximate surface area is 112 Å². The summed E-state index contributed by atoms with van der Waals surface area (Å²) in [6.45, 7) is 10.8. The largest absolute Gasteiger partial charge is 0.361 e. The molecule has 0 bridgehead atoms. The Bertz CT molecular complexity index is 234. The van der Waals surface area contributed by atoms with Crippen molar-refractivity contribution in [1.29, 1.82) is 0 Å². The lowest BCUT2D eigenvalue weighted by Gasteiger charge is -2.37. The van der Waals surface area contributed by atoms with Crippen molar-refractivity contribution in [2.45, 2.75) is 27.2 Å². The highest BCUT2D eigenvalue weighted by molar-refractivity contribution is 8.21. The highest BCUT2D eigenvalue weighted by atomic mass is 32.3. The summed E-state index contributed by atoms with van der Waals surface area (Å²) in [5, 5.41) is 0. The van der Waals surface area contributed by atoms with E-state index in [-0.39, 0.29) is 0 Å². The van der Waals surface area contributed by atoms with Crippen LogP contribution in [0.1, 0.15) is 27.2 Å². The normalized spacial score (nSPS) is 16.5. The maximum atomic E-state index is 5.76. The van der Waals surface area contributed by atoms with E-state index in [0.29, 0.717) is 19.8 Å². The molecule has 1 rings (SSSR count). The molecule has 0 aliphatic carbocycles. The average molecular weight is 278 g/mol. The molecule has 0 fully saturated rings. The van der Waals surface area contributed by atoms with Gasteiger partial charge in [0.25, 0.3) is 0 Å². The molecule has 0 spiro atoms. The van der Waals surface area contributed by atoms with Crippen molar-refractivity contribution >= 4 is 17.2 Å². The molecule has 18 heavy (non-hydrogen) atoms. The van der Waals surface area contributed by atoms with E-state index in [0.717, 1.165) is 31.8 Å². The maximum Gasteiger partial charge on any atom is 0.0887 e. The van der Waals surface area contributed by atoms with Crippen molar-refractivity contribution < 1.29 is 12.5 Å². The first-order valence-corrected chi connectivity index (χ1v) is 8.32. The van der Waals surface area contributed by atoms with E-state index in [2.05, 4.69) is 9.89 Å². The van der Waals surface area contributed by atoms with Crippen LogP contribution >= 0.6 is 10.9 Å². The molecule has 0 amide bonds. The summed E-state index contributed by atoms with van der Waals surface area (Å²) < 4.78 is 17.3. The van der Waals surface area contributed by atoms with Gasteiger partial charge in [-0.2, -0.15) is 0 Å². The van der Waals surface area contributed by atoms with Crippen LogP contribution in [0.4, 0.5) is 0 Å². The van der Waals surface area contributed by atoms with E-state index in [9.17, 15) is 0 Å². The van der Waals surface area contributed by atoms with Crippen molar-refractivity contribution in [2.75, 3.05) is 45.2 Å². The summed E-state index contributed by atoms with van der Waals surface area (Å²) in [6, 6.07) is 0. The summed E-state index contributed by atoms with van der Waals surface area (Å²) in [5.74, 6) is 0.826. The van der Waals surface area contributed by atoms with E-state index in [1.807, 2.05) is 27.1 Å². The summed E-state index contributed by atoms with van der Waals surface area (Å²) in [5.41, 5.74) is 0. The molecular weight excluding hydrogens is 252 g/mol. The molecule has 0 N–H and O–H groups in total. The number of hydrogen-bond donors (Lipinski definition) is 0. The van der Waals surface area contributed by atoms with Crippen molar-refractivity contribution in [1.82, 2.24) is 4.90 Å². The van der Waals surface area contributed by atoms with Gasteiger partial charge in [0.05, 0.1) is 43.6 Å². The second-order valence-corrected chi connectivity index (χ2v) is 6.12. The van der Waals surface area contributed by atoms with Crippen LogP contribution in [0.15, 0.2) is 4.99 Å². The Morgan fingerprint density at radius 1 is 1.11 bits per heavy atom. The first-order valence-electron chi connectivity index (χ1n) is 6.74. The highest BCUT2D eigenvalue weighted by Crippen LogP contribution is 2.51. The first-order chi connectivity index (χ1) is 8.76. The lowest BCUT2D eigenvalue weighted by Crippen LogP contribution is -2.24. The Hall–Kier alpha value is -0.300. The second kappa shape index (κ2) is 8.74. The molecule has 0 aromatic rings. The lowest BCUT2D eigenvalue weighted by molar-refractivity contribution is 0.184. The zero-order valence-electron chi connectivity index (χ0n) is 11.8. The maximum absolute atomic E-state index is 5.76. The highest BCUT2D eigenvalue weighted by Gasteiger charge is 2.26. The molecule has 108 valence electrons. The molecule has 1 aliphatic rings. The number of aliphatic imine (C=N–C) groups is 1. The van der Waals surface area contributed by atoms with Gasteiger partial charge in [-0.05, 0) is 27.2 Å². The van der Waals surface area contributed by atoms with Crippen LogP contribution in [0.2, 0.25) is 0 Å². The van der Waals surface area contributed by atoms with E-state index >= 15 is 0 Å². The topological polar surface area (TPSA) is 43.3 Å². The number of rotatable bonds is 10. The average Bonchev–Trinajstić information content (AvgIpc) is 2.83. The van der Waals surface area contributed by atoms with E-state index in [1.165, 1.54) is 0 Å². The van der Waals surface area contributed by atoms with E-state index < -0.39 is 10.9 Å². The van der Waals surface area contributed by atoms with Gasteiger partial charge in [0.15, 0.2) is 0 Å². The van der Waals surface area contributed by atoms with Crippen LogP contribution in [0.5, 0.6) is 0 Å². The fourth-order valence-electron chi connectivity index (χ4n) is 1.85. The molecule has 0 aromatic carbocycles.